The highest BCUT2D eigenvalue weighted by molar-refractivity contribution is 7.13. The molecule has 1 saturated heterocycles. The Labute approximate surface area is 166 Å². The fourth-order valence-electron chi connectivity index (χ4n) is 2.97. The molecular formula is C18H23N5O4S. The van der Waals surface area contributed by atoms with Gasteiger partial charge in [-0.2, -0.15) is 0 Å². The van der Waals surface area contributed by atoms with Crippen LogP contribution in [0, 0.1) is 12.8 Å². The van der Waals surface area contributed by atoms with Crippen LogP contribution in [-0.2, 0) is 16.1 Å². The van der Waals surface area contributed by atoms with Crippen molar-refractivity contribution in [1.29, 1.82) is 0 Å². The molecule has 0 saturated carbocycles. The van der Waals surface area contributed by atoms with E-state index < -0.39 is 6.03 Å². The Kier molecular flexibility index (Phi) is 6.77. The minimum Gasteiger partial charge on any atom is -0.467 e. The summed E-state index contributed by atoms with van der Waals surface area (Å²) < 4.78 is 5.11. The van der Waals surface area contributed by atoms with Gasteiger partial charge in [-0.25, -0.2) is 9.78 Å². The predicted octanol–water partition coefficient (Wildman–Crippen LogP) is 1.72. The second-order valence-electron chi connectivity index (χ2n) is 6.64. The van der Waals surface area contributed by atoms with Crippen molar-refractivity contribution in [1.82, 2.24) is 20.5 Å². The third-order valence-electron chi connectivity index (χ3n) is 4.43. The van der Waals surface area contributed by atoms with Crippen LogP contribution in [0.25, 0.3) is 0 Å². The van der Waals surface area contributed by atoms with E-state index >= 15 is 0 Å². The highest BCUT2D eigenvalue weighted by Crippen LogP contribution is 2.21. The number of imide groups is 1. The number of thiazole rings is 1. The lowest BCUT2D eigenvalue weighted by atomic mass is 9.96. The van der Waals surface area contributed by atoms with Gasteiger partial charge in [0.2, 0.25) is 11.8 Å². The lowest BCUT2D eigenvalue weighted by Gasteiger charge is -2.30. The fourth-order valence-corrected chi connectivity index (χ4v) is 3.66. The maximum atomic E-state index is 12.3. The van der Waals surface area contributed by atoms with Gasteiger partial charge in [-0.3, -0.25) is 19.8 Å². The van der Waals surface area contributed by atoms with Crippen LogP contribution >= 0.6 is 11.3 Å². The first-order valence-corrected chi connectivity index (χ1v) is 9.93. The summed E-state index contributed by atoms with van der Waals surface area (Å²) in [6.07, 6.45) is 2.84. The number of piperidine rings is 1. The highest BCUT2D eigenvalue weighted by Gasteiger charge is 2.26. The summed E-state index contributed by atoms with van der Waals surface area (Å²) in [5, 5.41) is 10.2. The molecule has 3 N–H and O–H groups in total. The summed E-state index contributed by atoms with van der Waals surface area (Å²) >= 11 is 1.41. The van der Waals surface area contributed by atoms with Gasteiger partial charge in [-0.05, 0) is 45.0 Å². The van der Waals surface area contributed by atoms with Crippen molar-refractivity contribution in [3.63, 3.8) is 0 Å². The summed E-state index contributed by atoms with van der Waals surface area (Å²) in [4.78, 5) is 42.3. The van der Waals surface area contributed by atoms with E-state index in [0.717, 1.165) is 5.69 Å². The molecule has 0 bridgehead atoms. The molecule has 28 heavy (non-hydrogen) atoms. The zero-order valence-corrected chi connectivity index (χ0v) is 16.4. The van der Waals surface area contributed by atoms with Crippen molar-refractivity contribution < 1.29 is 18.8 Å². The quantitative estimate of drug-likeness (QED) is 0.674. The first kappa shape index (κ1) is 20.0. The maximum absolute atomic E-state index is 12.3. The standard InChI is InChI=1S/C18H23N5O4S/c1-12-11-28-18(20-12)22-16(25)13-4-6-23(7-5-13)10-15(24)21-17(26)19-9-14-3-2-8-27-14/h2-3,8,11,13H,4-7,9-10H2,1H3,(H,20,22,25)(H2,19,21,24,26). The lowest BCUT2D eigenvalue weighted by Crippen LogP contribution is -2.46. The average Bonchev–Trinajstić information content (AvgIpc) is 3.32. The molecule has 4 amide bonds. The summed E-state index contributed by atoms with van der Waals surface area (Å²) in [5.74, 6) is 0.102. The third-order valence-corrected chi connectivity index (χ3v) is 5.31. The van der Waals surface area contributed by atoms with Gasteiger partial charge in [-0.1, -0.05) is 0 Å². The number of amides is 4. The molecule has 9 nitrogen and oxygen atoms in total. The topological polar surface area (TPSA) is 117 Å². The SMILES string of the molecule is Cc1csc(NC(=O)C2CCN(CC(=O)NC(=O)NCc3ccco3)CC2)n1. The largest absolute Gasteiger partial charge is 0.467 e. The number of carbonyl (C=O) groups is 3. The van der Waals surface area contributed by atoms with E-state index in [1.165, 1.54) is 17.6 Å². The van der Waals surface area contributed by atoms with Crippen LogP contribution in [0.15, 0.2) is 28.2 Å². The maximum Gasteiger partial charge on any atom is 0.321 e. The summed E-state index contributed by atoms with van der Waals surface area (Å²) in [6, 6.07) is 2.90. The lowest BCUT2D eigenvalue weighted by molar-refractivity contribution is -0.122. The second kappa shape index (κ2) is 9.47. The summed E-state index contributed by atoms with van der Waals surface area (Å²) in [7, 11) is 0. The van der Waals surface area contributed by atoms with E-state index in [2.05, 4.69) is 20.9 Å². The highest BCUT2D eigenvalue weighted by atomic mass is 32.1. The Hall–Kier alpha value is -2.72. The van der Waals surface area contributed by atoms with Crippen LogP contribution in [0.3, 0.4) is 0 Å². The van der Waals surface area contributed by atoms with E-state index in [-0.39, 0.29) is 30.8 Å². The number of anilines is 1. The van der Waals surface area contributed by atoms with E-state index in [0.29, 0.717) is 36.8 Å². The van der Waals surface area contributed by atoms with Crippen LogP contribution in [0.2, 0.25) is 0 Å². The van der Waals surface area contributed by atoms with Gasteiger partial charge >= 0.3 is 6.03 Å². The van der Waals surface area contributed by atoms with Gasteiger partial charge in [0.15, 0.2) is 5.13 Å². The van der Waals surface area contributed by atoms with Gasteiger partial charge in [0.25, 0.3) is 0 Å². The number of likely N-dealkylation sites (tertiary alicyclic amines) is 1. The molecule has 3 heterocycles. The molecule has 0 unspecified atom stereocenters. The van der Waals surface area contributed by atoms with Crippen molar-refractivity contribution in [2.75, 3.05) is 25.0 Å². The van der Waals surface area contributed by atoms with Gasteiger partial charge in [0, 0.05) is 11.3 Å². The van der Waals surface area contributed by atoms with Crippen molar-refractivity contribution in [3.05, 3.63) is 35.2 Å². The number of hydrogen-bond acceptors (Lipinski definition) is 7. The number of rotatable bonds is 6. The van der Waals surface area contributed by atoms with Gasteiger partial charge in [-0.15, -0.1) is 11.3 Å². The Morgan fingerprint density at radius 2 is 2.11 bits per heavy atom. The predicted molar refractivity (Wildman–Crippen MR) is 104 cm³/mol. The van der Waals surface area contributed by atoms with Crippen molar-refractivity contribution in [3.8, 4) is 0 Å². The van der Waals surface area contributed by atoms with Crippen molar-refractivity contribution >= 4 is 34.3 Å². The molecule has 150 valence electrons. The van der Waals surface area contributed by atoms with E-state index in [1.807, 2.05) is 17.2 Å². The Bertz CT molecular complexity index is 812. The first-order chi connectivity index (χ1) is 13.5. The molecule has 0 radical (unpaired) electrons. The molecule has 2 aromatic heterocycles. The molecule has 0 aliphatic carbocycles. The first-order valence-electron chi connectivity index (χ1n) is 9.05. The van der Waals surface area contributed by atoms with Crippen LogP contribution < -0.4 is 16.0 Å². The number of urea groups is 1. The van der Waals surface area contributed by atoms with Crippen LogP contribution in [0.4, 0.5) is 9.93 Å². The number of furan rings is 1. The normalized spacial score (nSPS) is 15.2. The number of carbonyl (C=O) groups excluding carboxylic acids is 3. The number of hydrogen-bond donors (Lipinski definition) is 3. The Morgan fingerprint density at radius 3 is 2.75 bits per heavy atom. The second-order valence-corrected chi connectivity index (χ2v) is 7.50. The molecule has 1 fully saturated rings. The van der Waals surface area contributed by atoms with Crippen LogP contribution in [0.1, 0.15) is 24.3 Å². The molecule has 1 aliphatic heterocycles. The molecule has 2 aromatic rings. The fraction of sp³-hybridized carbons (Fsp3) is 0.444. The molecule has 3 rings (SSSR count). The average molecular weight is 405 g/mol. The number of nitrogens with zero attached hydrogens (tertiary/aromatic N) is 2. The third kappa shape index (κ3) is 5.89. The Balaban J connectivity index is 1.34. The van der Waals surface area contributed by atoms with Gasteiger partial charge < -0.3 is 15.1 Å². The monoisotopic (exact) mass is 405 g/mol. The zero-order valence-electron chi connectivity index (χ0n) is 15.6. The van der Waals surface area contributed by atoms with Crippen LogP contribution in [-0.4, -0.2) is 47.4 Å². The smallest absolute Gasteiger partial charge is 0.321 e. The molecule has 0 aromatic carbocycles. The van der Waals surface area contributed by atoms with E-state index in [1.54, 1.807) is 12.1 Å². The molecule has 0 spiro atoms. The number of nitrogens with one attached hydrogen (secondary N) is 3. The molecule has 1 aliphatic rings. The van der Waals surface area contributed by atoms with Crippen molar-refractivity contribution in [2.24, 2.45) is 5.92 Å². The number of aromatic nitrogens is 1. The molecule has 0 atom stereocenters. The zero-order chi connectivity index (χ0) is 19.9. The summed E-state index contributed by atoms with van der Waals surface area (Å²) in [5.41, 5.74) is 0.884. The van der Waals surface area contributed by atoms with Gasteiger partial charge in [0.1, 0.15) is 5.76 Å². The summed E-state index contributed by atoms with van der Waals surface area (Å²) in [6.45, 7) is 3.46. The Morgan fingerprint density at radius 1 is 1.32 bits per heavy atom. The minimum absolute atomic E-state index is 0.0317. The van der Waals surface area contributed by atoms with Gasteiger partial charge in [0.05, 0.1) is 25.0 Å². The van der Waals surface area contributed by atoms with Crippen molar-refractivity contribution in [2.45, 2.75) is 26.3 Å². The van der Waals surface area contributed by atoms with Crippen LogP contribution in [0.5, 0.6) is 0 Å². The van der Waals surface area contributed by atoms with E-state index in [9.17, 15) is 14.4 Å². The van der Waals surface area contributed by atoms with E-state index in [4.69, 9.17) is 4.42 Å². The molecular weight excluding hydrogens is 382 g/mol. The minimum atomic E-state index is -0.561. The molecule has 10 heteroatoms. The number of aryl methyl sites for hydroxylation is 1.